The van der Waals surface area contributed by atoms with Gasteiger partial charge in [-0.15, -0.1) is 0 Å². The van der Waals surface area contributed by atoms with E-state index in [1.807, 2.05) is 19.1 Å². The number of hydrogen-bond acceptors (Lipinski definition) is 3. The van der Waals surface area contributed by atoms with Gasteiger partial charge in [0.1, 0.15) is 0 Å². The fourth-order valence-electron chi connectivity index (χ4n) is 2.17. The molecule has 1 N–H and O–H groups in total. The van der Waals surface area contributed by atoms with Gasteiger partial charge in [0.15, 0.2) is 0 Å². The Hall–Kier alpha value is -0.613. The van der Waals surface area contributed by atoms with Gasteiger partial charge in [-0.1, -0.05) is 31.8 Å². The number of hydrogen-bond donors (Lipinski definition) is 1. The molecule has 0 aromatic heterocycles. The van der Waals surface area contributed by atoms with Crippen molar-refractivity contribution >= 4 is 14.0 Å². The molecule has 4 heteroatoms. The van der Waals surface area contributed by atoms with Crippen molar-refractivity contribution in [1.82, 2.24) is 0 Å². The van der Waals surface area contributed by atoms with Crippen molar-refractivity contribution in [3.63, 3.8) is 0 Å². The van der Waals surface area contributed by atoms with Gasteiger partial charge in [0.2, 0.25) is 0 Å². The van der Waals surface area contributed by atoms with E-state index in [1.165, 1.54) is 0 Å². The molecule has 0 saturated heterocycles. The van der Waals surface area contributed by atoms with Gasteiger partial charge in [-0.25, -0.2) is 0 Å². The number of carbonyl (C=O) groups excluding carboxylic acids is 1. The normalized spacial score (nSPS) is 30.3. The fourth-order valence-corrected chi connectivity index (χ4v) is 2.89. The van der Waals surface area contributed by atoms with E-state index < -0.39 is 19.6 Å². The van der Waals surface area contributed by atoms with Crippen LogP contribution in [0.3, 0.4) is 0 Å². The molecular formula is C15H28O3Si. The zero-order valence-corrected chi connectivity index (χ0v) is 13.7. The monoisotopic (exact) mass is 284 g/mol. The summed E-state index contributed by atoms with van der Waals surface area (Å²) in [6.07, 6.45) is 6.35. The first-order valence-corrected chi connectivity index (χ1v) is 11.0. The van der Waals surface area contributed by atoms with Crippen LogP contribution in [0, 0.1) is 5.41 Å². The third-order valence-corrected chi connectivity index (χ3v) is 5.50. The molecule has 0 aliphatic heterocycles. The Morgan fingerprint density at radius 1 is 1.42 bits per heavy atom. The van der Waals surface area contributed by atoms with Gasteiger partial charge in [0.05, 0.1) is 18.1 Å². The summed E-state index contributed by atoms with van der Waals surface area (Å²) >= 11 is 0. The van der Waals surface area contributed by atoms with Gasteiger partial charge in [-0.3, -0.25) is 4.79 Å². The SMILES string of the molecule is C[C@@]1(C(=O)OCC[Si](C)(C)C)CC/C=C/C(O)CC1. The van der Waals surface area contributed by atoms with Crippen molar-refractivity contribution in [1.29, 1.82) is 0 Å². The number of allylic oxidation sites excluding steroid dienone is 1. The molecule has 0 aromatic carbocycles. The van der Waals surface area contributed by atoms with Gasteiger partial charge in [0.25, 0.3) is 0 Å². The predicted molar refractivity (Wildman–Crippen MR) is 80.8 cm³/mol. The van der Waals surface area contributed by atoms with Gasteiger partial charge >= 0.3 is 5.97 Å². The minimum atomic E-state index is -1.16. The molecule has 0 heterocycles. The molecule has 0 amide bonds. The summed E-state index contributed by atoms with van der Waals surface area (Å²) in [7, 11) is -1.16. The second-order valence-electron chi connectivity index (χ2n) is 7.08. The molecule has 1 rings (SSSR count). The highest BCUT2D eigenvalue weighted by Gasteiger charge is 2.35. The number of aliphatic hydroxyl groups excluding tert-OH is 1. The number of carbonyl (C=O) groups is 1. The van der Waals surface area contributed by atoms with E-state index in [0.717, 1.165) is 18.9 Å². The Kier molecular flexibility index (Phi) is 5.80. The largest absolute Gasteiger partial charge is 0.466 e. The molecule has 1 aliphatic carbocycles. The topological polar surface area (TPSA) is 46.5 Å². The highest BCUT2D eigenvalue weighted by Crippen LogP contribution is 2.33. The number of esters is 1. The van der Waals surface area contributed by atoms with Crippen LogP contribution in [0.4, 0.5) is 0 Å². The summed E-state index contributed by atoms with van der Waals surface area (Å²) in [5.41, 5.74) is -0.439. The zero-order chi connectivity index (χ0) is 14.5. The van der Waals surface area contributed by atoms with Crippen molar-refractivity contribution in [3.05, 3.63) is 12.2 Å². The van der Waals surface area contributed by atoms with Crippen LogP contribution < -0.4 is 0 Å². The Labute approximate surface area is 118 Å². The lowest BCUT2D eigenvalue weighted by atomic mass is 9.79. The minimum absolute atomic E-state index is 0.0896. The first-order valence-electron chi connectivity index (χ1n) is 7.25. The number of ether oxygens (including phenoxy) is 1. The van der Waals surface area contributed by atoms with Crippen molar-refractivity contribution in [2.75, 3.05) is 6.61 Å². The van der Waals surface area contributed by atoms with Crippen LogP contribution in [0.1, 0.15) is 32.6 Å². The van der Waals surface area contributed by atoms with Crippen LogP contribution >= 0.6 is 0 Å². The van der Waals surface area contributed by atoms with Gasteiger partial charge < -0.3 is 9.84 Å². The number of rotatable bonds is 4. The average Bonchev–Trinajstić information content (AvgIpc) is 2.28. The number of aliphatic hydroxyl groups is 1. The summed E-state index contributed by atoms with van der Waals surface area (Å²) < 4.78 is 5.48. The van der Waals surface area contributed by atoms with Crippen LogP contribution in [0.2, 0.25) is 25.7 Å². The van der Waals surface area contributed by atoms with Crippen molar-refractivity contribution in [3.8, 4) is 0 Å². The van der Waals surface area contributed by atoms with Crippen LogP contribution in [-0.2, 0) is 9.53 Å². The quantitative estimate of drug-likeness (QED) is 0.489. The maximum Gasteiger partial charge on any atom is 0.311 e. The summed E-state index contributed by atoms with van der Waals surface area (Å²) in [6.45, 7) is 9.34. The van der Waals surface area contributed by atoms with E-state index in [0.29, 0.717) is 19.4 Å². The molecule has 2 atom stereocenters. The molecule has 0 radical (unpaired) electrons. The van der Waals surface area contributed by atoms with Crippen molar-refractivity contribution in [2.24, 2.45) is 5.41 Å². The van der Waals surface area contributed by atoms with Gasteiger partial charge in [0, 0.05) is 8.07 Å². The molecule has 0 bridgehead atoms. The molecular weight excluding hydrogens is 256 g/mol. The lowest BCUT2D eigenvalue weighted by Crippen LogP contribution is -2.33. The van der Waals surface area contributed by atoms with E-state index in [-0.39, 0.29) is 5.97 Å². The van der Waals surface area contributed by atoms with Crippen LogP contribution in [0.25, 0.3) is 0 Å². The lowest BCUT2D eigenvalue weighted by molar-refractivity contribution is -0.155. The Morgan fingerprint density at radius 2 is 2.11 bits per heavy atom. The third-order valence-electron chi connectivity index (χ3n) is 3.79. The molecule has 0 fully saturated rings. The first kappa shape index (κ1) is 16.4. The van der Waals surface area contributed by atoms with Crippen LogP contribution in [0.15, 0.2) is 12.2 Å². The molecule has 19 heavy (non-hydrogen) atoms. The van der Waals surface area contributed by atoms with Crippen molar-refractivity contribution in [2.45, 2.75) is 64.4 Å². The summed E-state index contributed by atoms with van der Waals surface area (Å²) in [5, 5.41) is 9.68. The van der Waals surface area contributed by atoms with E-state index in [2.05, 4.69) is 19.6 Å². The highest BCUT2D eigenvalue weighted by molar-refractivity contribution is 6.76. The highest BCUT2D eigenvalue weighted by atomic mass is 28.3. The van der Waals surface area contributed by atoms with E-state index in [1.54, 1.807) is 0 Å². The minimum Gasteiger partial charge on any atom is -0.466 e. The summed E-state index contributed by atoms with van der Waals surface area (Å²) in [4.78, 5) is 12.3. The third kappa shape index (κ3) is 5.91. The van der Waals surface area contributed by atoms with E-state index in [9.17, 15) is 9.90 Å². The van der Waals surface area contributed by atoms with Crippen molar-refractivity contribution < 1.29 is 14.6 Å². The second-order valence-corrected chi connectivity index (χ2v) is 12.7. The molecule has 3 nitrogen and oxygen atoms in total. The molecule has 1 unspecified atom stereocenters. The molecule has 0 spiro atoms. The molecule has 0 aromatic rings. The maximum absolute atomic E-state index is 12.3. The Morgan fingerprint density at radius 3 is 2.74 bits per heavy atom. The predicted octanol–water partition coefficient (Wildman–Crippen LogP) is 3.37. The molecule has 1 aliphatic rings. The van der Waals surface area contributed by atoms with Gasteiger partial charge in [-0.2, -0.15) is 0 Å². The maximum atomic E-state index is 12.3. The van der Waals surface area contributed by atoms with E-state index in [4.69, 9.17) is 4.74 Å². The Balaban J connectivity index is 2.51. The summed E-state index contributed by atoms with van der Waals surface area (Å²) in [6, 6.07) is 1.01. The summed E-state index contributed by atoms with van der Waals surface area (Å²) in [5.74, 6) is -0.0896. The average molecular weight is 284 g/mol. The molecule has 0 saturated carbocycles. The van der Waals surface area contributed by atoms with Crippen LogP contribution in [0.5, 0.6) is 0 Å². The second kappa shape index (κ2) is 6.71. The lowest BCUT2D eigenvalue weighted by Gasteiger charge is -2.29. The smallest absolute Gasteiger partial charge is 0.311 e. The van der Waals surface area contributed by atoms with Crippen LogP contribution in [-0.4, -0.2) is 31.9 Å². The molecule has 110 valence electrons. The zero-order valence-electron chi connectivity index (χ0n) is 12.7. The standard InChI is InChI=1S/C15H28O3Si/c1-15(9-6-5-7-13(16)8-10-15)14(17)18-11-12-19(2,3)4/h5,7,13,16H,6,8-12H2,1-4H3/b7-5+/t13?,15-/m1/s1. The fraction of sp³-hybridized carbons (Fsp3) is 0.800. The van der Waals surface area contributed by atoms with Gasteiger partial charge in [-0.05, 0) is 38.7 Å². The van der Waals surface area contributed by atoms with E-state index >= 15 is 0 Å². The first-order chi connectivity index (χ1) is 8.73. The Bertz CT molecular complexity index is 333.